The smallest absolute Gasteiger partial charge is 0.419 e. The van der Waals surface area contributed by atoms with E-state index in [0.29, 0.717) is 0 Å². The summed E-state index contributed by atoms with van der Waals surface area (Å²) in [6.45, 7) is 1.37. The number of ether oxygens (including phenoxy) is 1. The third-order valence-corrected chi connectivity index (χ3v) is 21.6. The fraction of sp³-hybridized carbons (Fsp3) is 0.833. The normalized spacial score (nSPS) is 15.3. The molecule has 13 heteroatoms. The highest BCUT2D eigenvalue weighted by Crippen LogP contribution is 2.72. The zero-order valence-electron chi connectivity index (χ0n) is 7.97. The monoisotopic (exact) mass is 972 g/mol. The van der Waals surface area contributed by atoms with E-state index in [2.05, 4.69) is 175 Å². The van der Waals surface area contributed by atoms with E-state index in [4.69, 9.17) is 4.74 Å². The summed E-state index contributed by atoms with van der Waals surface area (Å²) in [6, 6.07) is 0. The molecule has 0 bridgehead atoms. The van der Waals surface area contributed by atoms with Crippen molar-refractivity contribution in [3.63, 3.8) is 0 Å². The zero-order valence-corrected chi connectivity index (χ0v) is 25.4. The minimum absolute atomic E-state index is 0.777. The Hall–Kier alpha value is 4.75. The Balaban J connectivity index is 5.83. The average Bonchev–Trinajstić information content (AvgIpc) is 2.14. The highest BCUT2D eigenvalue weighted by atomic mass is 80.0. The second-order valence-corrected chi connectivity index (χ2v) is 23.3. The fourth-order valence-corrected chi connectivity index (χ4v) is 8.52. The topological polar surface area (TPSA) is 26.3 Å². The third-order valence-electron chi connectivity index (χ3n) is 1.68. The van der Waals surface area contributed by atoms with Gasteiger partial charge < -0.3 is 4.74 Å². The van der Waals surface area contributed by atoms with Crippen molar-refractivity contribution in [2.75, 3.05) is 0 Å². The van der Waals surface area contributed by atoms with Gasteiger partial charge in [0.05, 0.1) is 0 Å². The molecule has 1 radical (unpaired) electrons. The maximum Gasteiger partial charge on any atom is 0.419 e. The van der Waals surface area contributed by atoms with Gasteiger partial charge in [0, 0.05) is 0 Å². The molecule has 0 saturated carbocycles. The van der Waals surface area contributed by atoms with Gasteiger partial charge in [-0.1, -0.05) is 143 Å². The van der Waals surface area contributed by atoms with Gasteiger partial charge in [0.25, 0.3) is 0 Å². The summed E-state index contributed by atoms with van der Waals surface area (Å²) in [5.74, 6) is 0. The molecule has 0 heterocycles. The first-order valence-electron chi connectivity index (χ1n) is 3.69. The van der Waals surface area contributed by atoms with Crippen LogP contribution in [0.25, 0.3) is 0 Å². The standard InChI is InChI=1S/C6Br11O2/c7-2(8,3(9,10)5(13,14)15)4(11,12)6(16,17)19-1-18. The summed E-state index contributed by atoms with van der Waals surface area (Å²) in [4.78, 5) is 10.5. The van der Waals surface area contributed by atoms with Gasteiger partial charge in [-0.3, -0.25) is 0 Å². The number of alkyl halides is 11. The molecule has 0 unspecified atom stereocenters. The molecule has 19 heavy (non-hydrogen) atoms. The van der Waals surface area contributed by atoms with Crippen molar-refractivity contribution in [2.45, 2.75) is 15.3 Å². The van der Waals surface area contributed by atoms with Crippen molar-refractivity contribution >= 4 is 182 Å². The molecule has 0 aromatic carbocycles. The maximum absolute atomic E-state index is 10.5. The highest BCUT2D eigenvalue weighted by molar-refractivity contribution is 9.42. The van der Waals surface area contributed by atoms with Crippen LogP contribution in [0.1, 0.15) is 0 Å². The predicted octanol–water partition coefficient (Wildman–Crippen LogP) is 7.81. The number of hydrogen-bond donors (Lipinski definition) is 0. The summed E-state index contributed by atoms with van der Waals surface area (Å²) in [7, 11) is 0. The molecule has 0 atom stereocenters. The first-order valence-corrected chi connectivity index (χ1v) is 12.4. The van der Waals surface area contributed by atoms with E-state index in [9.17, 15) is 4.79 Å². The molecular formula is C6Br11O2. The minimum atomic E-state index is -1.33. The second-order valence-electron chi connectivity index (χ2n) is 2.92. The van der Waals surface area contributed by atoms with Gasteiger partial charge >= 0.3 is 6.47 Å². The van der Waals surface area contributed by atoms with Crippen LogP contribution in [0.5, 0.6) is 0 Å². The van der Waals surface area contributed by atoms with Crippen molar-refractivity contribution < 1.29 is 9.53 Å². The van der Waals surface area contributed by atoms with Gasteiger partial charge in [-0.15, -0.1) is 0 Å². The summed E-state index contributed by atoms with van der Waals surface area (Å²) < 4.78 is -0.190. The molecule has 0 aliphatic heterocycles. The van der Waals surface area contributed by atoms with E-state index in [-0.39, 0.29) is 0 Å². The van der Waals surface area contributed by atoms with Gasteiger partial charge in [0.15, 0.2) is 5.38 Å². The van der Waals surface area contributed by atoms with Crippen LogP contribution in [-0.2, 0) is 9.53 Å². The fourth-order valence-electron chi connectivity index (χ4n) is 0.674. The zero-order chi connectivity index (χ0) is 15.9. The molecule has 113 valence electrons. The Morgan fingerprint density at radius 2 is 1.00 bits per heavy atom. The Bertz CT molecular complexity index is 344. The van der Waals surface area contributed by atoms with Gasteiger partial charge in [0.2, 0.25) is 3.42 Å². The van der Waals surface area contributed by atoms with E-state index in [1.807, 2.05) is 0 Å². The van der Waals surface area contributed by atoms with Crippen LogP contribution in [0.2, 0.25) is 0 Å². The summed E-state index contributed by atoms with van der Waals surface area (Å²) in [5.41, 5.74) is 0. The van der Waals surface area contributed by atoms with Gasteiger partial charge in [0.1, 0.15) is 6.47 Å². The number of carbonyl (C=O) groups excluding carboxylic acids is 1. The molecule has 0 aliphatic carbocycles. The lowest BCUT2D eigenvalue weighted by Crippen LogP contribution is -2.60. The summed E-state index contributed by atoms with van der Waals surface area (Å²) >= 11 is 37.8. The molecule has 0 amide bonds. The second kappa shape index (κ2) is 7.97. The van der Waals surface area contributed by atoms with Crippen molar-refractivity contribution in [3.05, 3.63) is 0 Å². The van der Waals surface area contributed by atoms with E-state index in [1.54, 1.807) is 0 Å². The molecule has 0 aliphatic rings. The quantitative estimate of drug-likeness (QED) is 0.263. The summed E-state index contributed by atoms with van der Waals surface area (Å²) in [6.07, 6.45) is 0. The van der Waals surface area contributed by atoms with Crippen molar-refractivity contribution in [3.8, 4) is 0 Å². The lowest BCUT2D eigenvalue weighted by atomic mass is 10.2. The molecule has 0 saturated heterocycles. The summed E-state index contributed by atoms with van der Waals surface area (Å²) in [5, 5.41) is 0. The van der Waals surface area contributed by atoms with Crippen LogP contribution in [-0.4, -0.2) is 21.7 Å². The van der Waals surface area contributed by atoms with Crippen LogP contribution in [0, 0.1) is 0 Å². The van der Waals surface area contributed by atoms with Crippen molar-refractivity contribution in [1.82, 2.24) is 0 Å². The SMILES string of the molecule is O=[C]OC(Br)(Br)C(Br)(Br)C(Br)(Br)C(Br)(Br)C(Br)(Br)Br. The lowest BCUT2D eigenvalue weighted by Gasteiger charge is -2.49. The molecule has 0 spiro atoms. The predicted molar refractivity (Wildman–Crippen MR) is 119 cm³/mol. The van der Waals surface area contributed by atoms with Crippen LogP contribution in [0.3, 0.4) is 0 Å². The third kappa shape index (κ3) is 4.89. The molecule has 0 N–H and O–H groups in total. The molecule has 2 nitrogen and oxygen atoms in total. The first kappa shape index (κ1) is 23.8. The number of rotatable bonds is 5. The van der Waals surface area contributed by atoms with Crippen LogP contribution in [0.4, 0.5) is 0 Å². The van der Waals surface area contributed by atoms with Gasteiger partial charge in [-0.25, -0.2) is 4.79 Å². The van der Waals surface area contributed by atoms with E-state index >= 15 is 0 Å². The van der Waals surface area contributed by atoms with E-state index in [1.165, 1.54) is 6.47 Å². The molecule has 0 aromatic rings. The number of hydrogen-bond acceptors (Lipinski definition) is 2. The molecule has 0 aromatic heterocycles. The Kier molecular flexibility index (Phi) is 9.96. The van der Waals surface area contributed by atoms with Crippen LogP contribution in [0.15, 0.2) is 0 Å². The lowest BCUT2D eigenvalue weighted by molar-refractivity contribution is 0.224. The highest BCUT2D eigenvalue weighted by Gasteiger charge is 2.70. The van der Waals surface area contributed by atoms with Crippen molar-refractivity contribution in [2.24, 2.45) is 0 Å². The Labute approximate surface area is 202 Å². The Morgan fingerprint density at radius 3 is 1.26 bits per heavy atom. The first-order chi connectivity index (χ1) is 8.06. The van der Waals surface area contributed by atoms with Crippen LogP contribution < -0.4 is 0 Å². The van der Waals surface area contributed by atoms with Crippen LogP contribution >= 0.6 is 175 Å². The van der Waals surface area contributed by atoms with Gasteiger partial charge in [-0.2, -0.15) is 0 Å². The van der Waals surface area contributed by atoms with E-state index in [0.717, 1.165) is 0 Å². The van der Waals surface area contributed by atoms with Crippen molar-refractivity contribution in [1.29, 1.82) is 0 Å². The Morgan fingerprint density at radius 1 is 0.632 bits per heavy atom. The molecular weight excluding hydrogens is 983 g/mol. The molecule has 0 rings (SSSR count). The maximum atomic E-state index is 10.5. The van der Waals surface area contributed by atoms with Gasteiger partial charge in [-0.05, 0) is 31.9 Å². The average molecular weight is 983 g/mol. The molecule has 0 fully saturated rings. The largest absolute Gasteiger partial charge is 0.426 e. The minimum Gasteiger partial charge on any atom is -0.426 e. The number of halogens is 11. The van der Waals surface area contributed by atoms with E-state index < -0.39 is 15.3 Å².